The molecule has 0 spiro atoms. The molecule has 8 heteroatoms. The minimum atomic E-state index is -0.581. The van der Waals surface area contributed by atoms with E-state index in [1.807, 2.05) is 0 Å². The van der Waals surface area contributed by atoms with Gasteiger partial charge in [0.1, 0.15) is 12.4 Å². The first-order valence-electron chi connectivity index (χ1n) is 4.50. The van der Waals surface area contributed by atoms with Gasteiger partial charge >= 0.3 is 5.69 Å². The van der Waals surface area contributed by atoms with Crippen LogP contribution >= 0.6 is 0 Å². The Kier molecular flexibility index (Phi) is 4.55. The van der Waals surface area contributed by atoms with Crippen LogP contribution in [-0.4, -0.2) is 46.4 Å². The molecule has 0 amide bonds. The normalized spacial score (nSPS) is 12.1. The van der Waals surface area contributed by atoms with Crippen molar-refractivity contribution in [2.45, 2.75) is 6.04 Å². The predicted octanol–water partition coefficient (Wildman–Crippen LogP) is -0.196. The standard InChI is InChI=1S/C8H12N4O4/c1-16-5-6(4-13)11-8-9-2-7(3-10-8)12(14)15/h2-3,6,13H,4-5H2,1H3,(H,9,10,11). The van der Waals surface area contributed by atoms with Gasteiger partial charge in [-0.25, -0.2) is 9.97 Å². The Labute approximate surface area is 91.4 Å². The Balaban J connectivity index is 2.63. The molecule has 1 aromatic heterocycles. The second-order valence-electron chi connectivity index (χ2n) is 3.00. The second kappa shape index (κ2) is 5.93. The number of aliphatic hydroxyl groups excluding tert-OH is 1. The molecule has 0 saturated heterocycles. The average Bonchev–Trinajstić information content (AvgIpc) is 2.29. The van der Waals surface area contributed by atoms with Gasteiger partial charge in [-0.05, 0) is 0 Å². The van der Waals surface area contributed by atoms with Crippen LogP contribution in [0.15, 0.2) is 12.4 Å². The molecule has 0 radical (unpaired) electrons. The maximum atomic E-state index is 10.3. The summed E-state index contributed by atoms with van der Waals surface area (Å²) in [5, 5.41) is 22.1. The zero-order valence-electron chi connectivity index (χ0n) is 8.66. The van der Waals surface area contributed by atoms with Gasteiger partial charge in [-0.2, -0.15) is 0 Å². The third kappa shape index (κ3) is 3.41. The van der Waals surface area contributed by atoms with Crippen molar-refractivity contribution >= 4 is 11.6 Å². The molecule has 88 valence electrons. The lowest BCUT2D eigenvalue weighted by molar-refractivity contribution is -0.385. The third-order valence-electron chi connectivity index (χ3n) is 1.77. The molecule has 0 aromatic carbocycles. The summed E-state index contributed by atoms with van der Waals surface area (Å²) >= 11 is 0. The number of rotatable bonds is 6. The lowest BCUT2D eigenvalue weighted by Gasteiger charge is -2.14. The van der Waals surface area contributed by atoms with Crippen LogP contribution in [0.2, 0.25) is 0 Å². The highest BCUT2D eigenvalue weighted by Gasteiger charge is 2.10. The van der Waals surface area contributed by atoms with Crippen LogP contribution in [0.3, 0.4) is 0 Å². The molecule has 1 atom stereocenters. The van der Waals surface area contributed by atoms with Crippen LogP contribution in [0.4, 0.5) is 11.6 Å². The Bertz CT molecular complexity index is 342. The number of hydrogen-bond donors (Lipinski definition) is 2. The monoisotopic (exact) mass is 228 g/mol. The summed E-state index contributed by atoms with van der Waals surface area (Å²) in [5.41, 5.74) is -0.183. The van der Waals surface area contributed by atoms with Gasteiger partial charge < -0.3 is 15.2 Å². The van der Waals surface area contributed by atoms with E-state index in [4.69, 9.17) is 9.84 Å². The number of methoxy groups -OCH3 is 1. The highest BCUT2D eigenvalue weighted by atomic mass is 16.6. The molecular weight excluding hydrogens is 216 g/mol. The van der Waals surface area contributed by atoms with Gasteiger partial charge in [0.2, 0.25) is 5.95 Å². The van der Waals surface area contributed by atoms with Crippen molar-refractivity contribution in [3.05, 3.63) is 22.5 Å². The molecule has 0 aliphatic heterocycles. The SMILES string of the molecule is COCC(CO)Nc1ncc([N+](=O)[O-])cn1. The molecule has 0 aliphatic rings. The Morgan fingerprint density at radius 2 is 2.25 bits per heavy atom. The van der Waals surface area contributed by atoms with E-state index < -0.39 is 4.92 Å². The van der Waals surface area contributed by atoms with E-state index in [9.17, 15) is 10.1 Å². The van der Waals surface area contributed by atoms with E-state index in [1.54, 1.807) is 0 Å². The van der Waals surface area contributed by atoms with Gasteiger partial charge in [0.15, 0.2) is 0 Å². The first kappa shape index (κ1) is 12.3. The molecule has 0 aliphatic carbocycles. The molecule has 0 bridgehead atoms. The summed E-state index contributed by atoms with van der Waals surface area (Å²) < 4.78 is 4.84. The van der Waals surface area contributed by atoms with Gasteiger partial charge in [0.25, 0.3) is 0 Å². The number of aliphatic hydroxyl groups is 1. The van der Waals surface area contributed by atoms with E-state index in [1.165, 1.54) is 7.11 Å². The summed E-state index contributed by atoms with van der Waals surface area (Å²) in [6, 6.07) is -0.341. The number of aromatic nitrogens is 2. The van der Waals surface area contributed by atoms with Crippen LogP contribution in [0.25, 0.3) is 0 Å². The summed E-state index contributed by atoms with van der Waals surface area (Å²) in [6.45, 7) is 0.144. The lowest BCUT2D eigenvalue weighted by atomic mass is 10.3. The van der Waals surface area contributed by atoms with Crippen molar-refractivity contribution in [1.82, 2.24) is 9.97 Å². The number of nitrogens with one attached hydrogen (secondary N) is 1. The Morgan fingerprint density at radius 3 is 2.69 bits per heavy atom. The quantitative estimate of drug-likeness (QED) is 0.512. The van der Waals surface area contributed by atoms with Gasteiger partial charge in [0.05, 0.1) is 24.2 Å². The maximum absolute atomic E-state index is 10.3. The highest BCUT2D eigenvalue weighted by Crippen LogP contribution is 2.08. The number of hydrogen-bond acceptors (Lipinski definition) is 7. The number of ether oxygens (including phenoxy) is 1. The fourth-order valence-electron chi connectivity index (χ4n) is 1.01. The number of nitro groups is 1. The largest absolute Gasteiger partial charge is 0.394 e. The van der Waals surface area contributed by atoms with E-state index >= 15 is 0 Å². The predicted molar refractivity (Wildman–Crippen MR) is 55.1 cm³/mol. The van der Waals surface area contributed by atoms with Gasteiger partial charge in [0, 0.05) is 7.11 Å². The molecule has 16 heavy (non-hydrogen) atoms. The van der Waals surface area contributed by atoms with Crippen LogP contribution in [0.5, 0.6) is 0 Å². The minimum Gasteiger partial charge on any atom is -0.394 e. The maximum Gasteiger partial charge on any atom is 0.305 e. The molecule has 0 saturated carbocycles. The van der Waals surface area contributed by atoms with Gasteiger partial charge in [-0.3, -0.25) is 10.1 Å². The van der Waals surface area contributed by atoms with Crippen LogP contribution in [-0.2, 0) is 4.74 Å². The molecule has 1 heterocycles. The van der Waals surface area contributed by atoms with Crippen LogP contribution in [0.1, 0.15) is 0 Å². The van der Waals surface area contributed by atoms with Gasteiger partial charge in [-0.1, -0.05) is 0 Å². The minimum absolute atomic E-state index is 0.145. The number of nitrogens with zero attached hydrogens (tertiary/aromatic N) is 3. The molecule has 2 N–H and O–H groups in total. The zero-order chi connectivity index (χ0) is 12.0. The molecule has 8 nitrogen and oxygen atoms in total. The lowest BCUT2D eigenvalue weighted by Crippen LogP contribution is -2.29. The molecule has 0 fully saturated rings. The van der Waals surface area contributed by atoms with Crippen LogP contribution < -0.4 is 5.32 Å². The van der Waals surface area contributed by atoms with Crippen molar-refractivity contribution in [1.29, 1.82) is 0 Å². The Morgan fingerprint density at radius 1 is 1.62 bits per heavy atom. The summed E-state index contributed by atoms with van der Waals surface area (Å²) in [6.07, 6.45) is 2.19. The fraction of sp³-hybridized carbons (Fsp3) is 0.500. The first-order chi connectivity index (χ1) is 7.67. The topological polar surface area (TPSA) is 110 Å². The fourth-order valence-corrected chi connectivity index (χ4v) is 1.01. The van der Waals surface area contributed by atoms with Crippen molar-refractivity contribution < 1.29 is 14.8 Å². The first-order valence-corrected chi connectivity index (χ1v) is 4.50. The van der Waals surface area contributed by atoms with E-state index in [-0.39, 0.29) is 30.9 Å². The van der Waals surface area contributed by atoms with E-state index in [0.29, 0.717) is 0 Å². The van der Waals surface area contributed by atoms with Gasteiger partial charge in [-0.15, -0.1) is 0 Å². The van der Waals surface area contributed by atoms with E-state index in [0.717, 1.165) is 12.4 Å². The second-order valence-corrected chi connectivity index (χ2v) is 3.00. The summed E-state index contributed by atoms with van der Waals surface area (Å²) in [7, 11) is 1.50. The summed E-state index contributed by atoms with van der Waals surface area (Å²) in [4.78, 5) is 17.2. The Hall–Kier alpha value is -1.80. The molecule has 1 unspecified atom stereocenters. The zero-order valence-corrected chi connectivity index (χ0v) is 8.66. The molecular formula is C8H12N4O4. The van der Waals surface area contributed by atoms with Crippen molar-refractivity contribution in [3.63, 3.8) is 0 Å². The highest BCUT2D eigenvalue weighted by molar-refractivity contribution is 5.31. The van der Waals surface area contributed by atoms with E-state index in [2.05, 4.69) is 15.3 Å². The third-order valence-corrected chi connectivity index (χ3v) is 1.77. The summed E-state index contributed by atoms with van der Waals surface area (Å²) in [5.74, 6) is 0.210. The van der Waals surface area contributed by atoms with Crippen molar-refractivity contribution in [2.75, 3.05) is 25.6 Å². The van der Waals surface area contributed by atoms with Crippen molar-refractivity contribution in [3.8, 4) is 0 Å². The molecule has 1 rings (SSSR count). The van der Waals surface area contributed by atoms with Crippen molar-refractivity contribution in [2.24, 2.45) is 0 Å². The molecule has 1 aromatic rings. The average molecular weight is 228 g/mol. The number of anilines is 1. The smallest absolute Gasteiger partial charge is 0.305 e. The van der Waals surface area contributed by atoms with Crippen LogP contribution in [0, 0.1) is 10.1 Å².